The van der Waals surface area contributed by atoms with Gasteiger partial charge in [-0.3, -0.25) is 0 Å². The third-order valence-corrected chi connectivity index (χ3v) is 4.56. The molecule has 5 heteroatoms. The number of nitrogens with one attached hydrogen (secondary N) is 1. The molecule has 1 rings (SSSR count). The van der Waals surface area contributed by atoms with Crippen molar-refractivity contribution in [1.82, 2.24) is 10.2 Å². The predicted octanol–water partition coefficient (Wildman–Crippen LogP) is 0.739. The second kappa shape index (κ2) is 6.16. The quantitative estimate of drug-likeness (QED) is 0.701. The van der Waals surface area contributed by atoms with E-state index in [1.54, 1.807) is 0 Å². The van der Waals surface area contributed by atoms with Crippen LogP contribution in [0.4, 0.5) is 0 Å². The molecule has 102 valence electrons. The van der Waals surface area contributed by atoms with Gasteiger partial charge in [-0.05, 0) is 39.3 Å². The van der Waals surface area contributed by atoms with E-state index < -0.39 is 9.84 Å². The van der Waals surface area contributed by atoms with Crippen LogP contribution in [0.5, 0.6) is 0 Å². The SMILES string of the molecule is CC(CNC1CC1)C(C)N(C)CCS(C)(=O)=O. The molecule has 0 aromatic rings. The fraction of sp³-hybridized carbons (Fsp3) is 1.00. The summed E-state index contributed by atoms with van der Waals surface area (Å²) in [5.41, 5.74) is 0. The van der Waals surface area contributed by atoms with Crippen LogP contribution in [0.2, 0.25) is 0 Å². The monoisotopic (exact) mass is 262 g/mol. The van der Waals surface area contributed by atoms with Gasteiger partial charge in [0, 0.05) is 24.9 Å². The van der Waals surface area contributed by atoms with Crippen molar-refractivity contribution in [2.45, 2.75) is 38.8 Å². The summed E-state index contributed by atoms with van der Waals surface area (Å²) in [7, 11) is -0.848. The fourth-order valence-corrected chi connectivity index (χ4v) is 2.38. The average molecular weight is 262 g/mol. The Bertz CT molecular complexity index is 325. The standard InChI is InChI=1S/C12H26N2O2S/c1-10(9-13-12-5-6-12)11(2)14(3)7-8-17(4,15)16/h10-13H,5-9H2,1-4H3. The van der Waals surface area contributed by atoms with E-state index in [1.807, 2.05) is 7.05 Å². The Morgan fingerprint density at radius 3 is 2.41 bits per heavy atom. The lowest BCUT2D eigenvalue weighted by atomic mass is 10.0. The van der Waals surface area contributed by atoms with Gasteiger partial charge in [-0.1, -0.05) is 6.92 Å². The molecule has 1 N–H and O–H groups in total. The Morgan fingerprint density at radius 1 is 1.35 bits per heavy atom. The molecule has 17 heavy (non-hydrogen) atoms. The van der Waals surface area contributed by atoms with Gasteiger partial charge >= 0.3 is 0 Å². The second-order valence-electron chi connectivity index (χ2n) is 5.51. The van der Waals surface area contributed by atoms with Crippen LogP contribution in [0.25, 0.3) is 0 Å². The van der Waals surface area contributed by atoms with Crippen molar-refractivity contribution in [2.75, 3.05) is 32.1 Å². The number of hydrogen-bond donors (Lipinski definition) is 1. The molecule has 0 saturated heterocycles. The van der Waals surface area contributed by atoms with Crippen molar-refractivity contribution >= 4 is 9.84 Å². The summed E-state index contributed by atoms with van der Waals surface area (Å²) in [6.07, 6.45) is 3.92. The summed E-state index contributed by atoms with van der Waals surface area (Å²) in [4.78, 5) is 2.14. The van der Waals surface area contributed by atoms with Crippen molar-refractivity contribution in [3.8, 4) is 0 Å². The zero-order valence-corrected chi connectivity index (χ0v) is 12.3. The lowest BCUT2D eigenvalue weighted by molar-refractivity contribution is 0.205. The van der Waals surface area contributed by atoms with Gasteiger partial charge < -0.3 is 10.2 Å². The van der Waals surface area contributed by atoms with Crippen LogP contribution in [0.3, 0.4) is 0 Å². The minimum Gasteiger partial charge on any atom is -0.314 e. The van der Waals surface area contributed by atoms with Crippen LogP contribution in [-0.2, 0) is 9.84 Å². The summed E-state index contributed by atoms with van der Waals surface area (Å²) in [5.74, 6) is 0.788. The molecule has 1 fully saturated rings. The third kappa shape index (κ3) is 6.38. The molecule has 0 radical (unpaired) electrons. The highest BCUT2D eigenvalue weighted by Crippen LogP contribution is 2.19. The van der Waals surface area contributed by atoms with Gasteiger partial charge in [-0.25, -0.2) is 8.42 Å². The lowest BCUT2D eigenvalue weighted by Crippen LogP contribution is -2.41. The molecule has 0 aromatic carbocycles. The normalized spacial score (nSPS) is 20.5. The Kier molecular flexibility index (Phi) is 5.41. The molecule has 2 unspecified atom stereocenters. The summed E-state index contributed by atoms with van der Waals surface area (Å²) < 4.78 is 22.2. The van der Waals surface area contributed by atoms with Crippen molar-refractivity contribution in [3.05, 3.63) is 0 Å². The Hall–Kier alpha value is -0.130. The minimum atomic E-state index is -2.85. The number of sulfone groups is 1. The van der Waals surface area contributed by atoms with Crippen molar-refractivity contribution in [2.24, 2.45) is 5.92 Å². The first kappa shape index (κ1) is 14.9. The summed E-state index contributed by atoms with van der Waals surface area (Å²) in [6.45, 7) is 6.03. The summed E-state index contributed by atoms with van der Waals surface area (Å²) >= 11 is 0. The van der Waals surface area contributed by atoms with Crippen LogP contribution < -0.4 is 5.32 Å². The van der Waals surface area contributed by atoms with Crippen LogP contribution in [0.1, 0.15) is 26.7 Å². The van der Waals surface area contributed by atoms with Gasteiger partial charge in [0.05, 0.1) is 5.75 Å². The molecule has 2 atom stereocenters. The first-order valence-corrected chi connectivity index (χ1v) is 8.47. The van der Waals surface area contributed by atoms with Crippen molar-refractivity contribution in [3.63, 3.8) is 0 Å². The molecule has 4 nitrogen and oxygen atoms in total. The van der Waals surface area contributed by atoms with Crippen LogP contribution in [0.15, 0.2) is 0 Å². The van der Waals surface area contributed by atoms with E-state index >= 15 is 0 Å². The molecule has 0 aromatic heterocycles. The van der Waals surface area contributed by atoms with E-state index in [9.17, 15) is 8.42 Å². The van der Waals surface area contributed by atoms with E-state index in [-0.39, 0.29) is 5.75 Å². The first-order valence-electron chi connectivity index (χ1n) is 6.41. The average Bonchev–Trinajstić information content (AvgIpc) is 3.04. The van der Waals surface area contributed by atoms with Gasteiger partial charge in [0.15, 0.2) is 0 Å². The van der Waals surface area contributed by atoms with Crippen molar-refractivity contribution < 1.29 is 8.42 Å². The van der Waals surface area contributed by atoms with E-state index in [2.05, 4.69) is 24.1 Å². The largest absolute Gasteiger partial charge is 0.314 e. The third-order valence-electron chi connectivity index (χ3n) is 3.64. The maximum atomic E-state index is 11.1. The molecule has 0 heterocycles. The number of hydrogen-bond acceptors (Lipinski definition) is 4. The second-order valence-corrected chi connectivity index (χ2v) is 7.77. The predicted molar refractivity (Wildman–Crippen MR) is 72.0 cm³/mol. The minimum absolute atomic E-state index is 0.247. The van der Waals surface area contributed by atoms with Crippen LogP contribution in [-0.4, -0.2) is 57.5 Å². The highest BCUT2D eigenvalue weighted by atomic mass is 32.2. The van der Waals surface area contributed by atoms with E-state index in [0.29, 0.717) is 18.5 Å². The molecule has 1 aliphatic carbocycles. The molecule has 0 aliphatic heterocycles. The van der Waals surface area contributed by atoms with Crippen LogP contribution in [0, 0.1) is 5.92 Å². The lowest BCUT2D eigenvalue weighted by Gasteiger charge is -2.29. The van der Waals surface area contributed by atoms with Gasteiger partial charge in [-0.2, -0.15) is 0 Å². The summed E-state index contributed by atoms with van der Waals surface area (Å²) in [6, 6.07) is 1.15. The number of nitrogens with zero attached hydrogens (tertiary/aromatic N) is 1. The maximum absolute atomic E-state index is 11.1. The Balaban J connectivity index is 2.25. The van der Waals surface area contributed by atoms with Crippen LogP contribution >= 0.6 is 0 Å². The Labute approximate surface area is 106 Å². The molecule has 0 amide bonds. The topological polar surface area (TPSA) is 49.4 Å². The number of rotatable bonds is 8. The van der Waals surface area contributed by atoms with Gasteiger partial charge in [-0.15, -0.1) is 0 Å². The van der Waals surface area contributed by atoms with Gasteiger partial charge in [0.2, 0.25) is 0 Å². The van der Waals surface area contributed by atoms with E-state index in [1.165, 1.54) is 19.1 Å². The molecule has 1 saturated carbocycles. The first-order chi connectivity index (χ1) is 7.79. The highest BCUT2D eigenvalue weighted by molar-refractivity contribution is 7.90. The molecule has 0 spiro atoms. The molecular weight excluding hydrogens is 236 g/mol. The Morgan fingerprint density at radius 2 is 1.94 bits per heavy atom. The smallest absolute Gasteiger partial charge is 0.148 e. The molecule has 0 bridgehead atoms. The van der Waals surface area contributed by atoms with E-state index in [0.717, 1.165) is 12.6 Å². The molecular formula is C12H26N2O2S. The van der Waals surface area contributed by atoms with E-state index in [4.69, 9.17) is 0 Å². The molecule has 1 aliphatic rings. The van der Waals surface area contributed by atoms with Gasteiger partial charge in [0.1, 0.15) is 9.84 Å². The fourth-order valence-electron chi connectivity index (χ4n) is 1.76. The zero-order chi connectivity index (χ0) is 13.1. The van der Waals surface area contributed by atoms with Gasteiger partial charge in [0.25, 0.3) is 0 Å². The summed E-state index contributed by atoms with van der Waals surface area (Å²) in [5, 5.41) is 3.52. The maximum Gasteiger partial charge on any atom is 0.148 e. The van der Waals surface area contributed by atoms with Crippen molar-refractivity contribution in [1.29, 1.82) is 0 Å². The zero-order valence-electron chi connectivity index (χ0n) is 11.4. The highest BCUT2D eigenvalue weighted by Gasteiger charge is 2.23.